The van der Waals surface area contributed by atoms with E-state index >= 15 is 0 Å². The molecule has 6 aromatic carbocycles. The Labute approximate surface area is 355 Å². The second-order valence-corrected chi connectivity index (χ2v) is 16.2. The molecule has 8 rings (SSSR count). The van der Waals surface area contributed by atoms with E-state index in [1.165, 1.54) is 12.1 Å². The van der Waals surface area contributed by atoms with Gasteiger partial charge in [-0.2, -0.15) is 0 Å². The molecule has 5 atom stereocenters. The van der Waals surface area contributed by atoms with E-state index in [2.05, 4.69) is 36.4 Å². The molecule has 1 N–H and O–H groups in total. The maximum atomic E-state index is 13.7. The monoisotopic (exact) mass is 820 g/mol. The highest BCUT2D eigenvalue weighted by Gasteiger charge is 2.49. The second kappa shape index (κ2) is 20.8. The average molecular weight is 821 g/mol. The van der Waals surface area contributed by atoms with Crippen molar-refractivity contribution in [3.05, 3.63) is 226 Å². The van der Waals surface area contributed by atoms with Crippen LogP contribution in [-0.4, -0.2) is 36.1 Å². The quantitative estimate of drug-likeness (QED) is 0.0930. The van der Waals surface area contributed by atoms with Gasteiger partial charge in [0.25, 0.3) is 0 Å². The van der Waals surface area contributed by atoms with Crippen LogP contribution in [0.3, 0.4) is 0 Å². The summed E-state index contributed by atoms with van der Waals surface area (Å²) in [4.78, 5) is 2.23. The Balaban J connectivity index is 1.16. The first-order valence-electron chi connectivity index (χ1n) is 20.4. The van der Waals surface area contributed by atoms with Crippen LogP contribution < -0.4 is 0 Å². The zero-order chi connectivity index (χ0) is 40.9. The predicted molar refractivity (Wildman–Crippen MR) is 234 cm³/mol. The SMILES string of the molecule is OCc1ccc(Cc2ccc(-c3ccc(F)cc3)s2)cc1C1OC(COCc2ccccc2)C(OCc2ccccc2)C(OCc2ccccc2)C1OCc1ccccc1. The van der Waals surface area contributed by atoms with Gasteiger partial charge in [-0.15, -0.1) is 11.3 Å². The molecule has 60 heavy (non-hydrogen) atoms. The first-order valence-corrected chi connectivity index (χ1v) is 21.2. The molecule has 7 aromatic rings. The Morgan fingerprint density at radius 2 is 1.07 bits per heavy atom. The molecule has 1 aromatic heterocycles. The highest BCUT2D eigenvalue weighted by Crippen LogP contribution is 2.41. The second-order valence-electron chi connectivity index (χ2n) is 15.0. The molecule has 0 amide bonds. The van der Waals surface area contributed by atoms with Gasteiger partial charge in [-0.25, -0.2) is 4.39 Å². The van der Waals surface area contributed by atoms with Crippen LogP contribution >= 0.6 is 11.3 Å². The highest BCUT2D eigenvalue weighted by molar-refractivity contribution is 7.15. The lowest BCUT2D eigenvalue weighted by atomic mass is 9.87. The minimum Gasteiger partial charge on any atom is -0.392 e. The number of hydrogen-bond acceptors (Lipinski definition) is 7. The van der Waals surface area contributed by atoms with Crippen molar-refractivity contribution in [2.45, 2.75) is 70.0 Å². The maximum Gasteiger partial charge on any atom is 0.123 e. The van der Waals surface area contributed by atoms with E-state index in [9.17, 15) is 9.50 Å². The van der Waals surface area contributed by atoms with Gasteiger partial charge in [-0.3, -0.25) is 0 Å². The molecule has 0 aliphatic carbocycles. The van der Waals surface area contributed by atoms with Crippen molar-refractivity contribution in [2.24, 2.45) is 0 Å². The van der Waals surface area contributed by atoms with Crippen molar-refractivity contribution < 1.29 is 33.2 Å². The maximum absolute atomic E-state index is 13.7. The third-order valence-electron chi connectivity index (χ3n) is 10.7. The molecule has 8 heteroatoms. The standard InChI is InChI=1S/C52H49FO6S/c53-44-25-23-42(24-26-44)48-28-27-45(60-48)29-41-21-22-43(31-54)46(30-41)49-51(57-34-39-17-9-3-10-18-39)52(58-35-40-19-11-4-12-20-40)50(56-33-38-15-7-2-8-16-38)47(59-49)36-55-32-37-13-5-1-6-14-37/h1-28,30,47,49-52,54H,29,31-36H2. The molecule has 2 heterocycles. The summed E-state index contributed by atoms with van der Waals surface area (Å²) in [5.41, 5.74) is 7.72. The van der Waals surface area contributed by atoms with Gasteiger partial charge in [-0.1, -0.05) is 152 Å². The summed E-state index contributed by atoms with van der Waals surface area (Å²) in [5, 5.41) is 10.9. The topological polar surface area (TPSA) is 66.4 Å². The minimum atomic E-state index is -0.656. The summed E-state index contributed by atoms with van der Waals surface area (Å²) in [6.45, 7) is 1.42. The lowest BCUT2D eigenvalue weighted by molar-refractivity contribution is -0.275. The van der Waals surface area contributed by atoms with Crippen molar-refractivity contribution in [3.63, 3.8) is 0 Å². The summed E-state index contributed by atoms with van der Waals surface area (Å²) >= 11 is 1.68. The van der Waals surface area contributed by atoms with E-state index in [4.69, 9.17) is 23.7 Å². The molecule has 1 aliphatic rings. The molecule has 0 bridgehead atoms. The summed E-state index contributed by atoms with van der Waals surface area (Å²) in [7, 11) is 0. The zero-order valence-electron chi connectivity index (χ0n) is 33.4. The third kappa shape index (κ3) is 10.9. The Bertz CT molecular complexity index is 2340. The predicted octanol–water partition coefficient (Wildman–Crippen LogP) is 11.1. The van der Waals surface area contributed by atoms with E-state index in [1.807, 2.05) is 127 Å². The average Bonchev–Trinajstić information content (AvgIpc) is 3.77. The largest absolute Gasteiger partial charge is 0.392 e. The molecule has 0 saturated carbocycles. The fourth-order valence-electron chi connectivity index (χ4n) is 7.65. The van der Waals surface area contributed by atoms with Gasteiger partial charge in [0.2, 0.25) is 0 Å². The van der Waals surface area contributed by atoms with Crippen LogP contribution in [-0.2, 0) is 63.1 Å². The van der Waals surface area contributed by atoms with Crippen molar-refractivity contribution >= 4 is 11.3 Å². The van der Waals surface area contributed by atoms with Crippen LogP contribution in [0.1, 0.15) is 49.9 Å². The number of thiophene rings is 1. The van der Waals surface area contributed by atoms with Gasteiger partial charge >= 0.3 is 0 Å². The number of hydrogen-bond donors (Lipinski definition) is 1. The fourth-order valence-corrected chi connectivity index (χ4v) is 8.69. The number of ether oxygens (including phenoxy) is 5. The fraction of sp³-hybridized carbons (Fsp3) is 0.231. The smallest absolute Gasteiger partial charge is 0.123 e. The molecule has 1 aliphatic heterocycles. The van der Waals surface area contributed by atoms with Gasteiger partial charge < -0.3 is 28.8 Å². The first kappa shape index (κ1) is 41.4. The molecular weight excluding hydrogens is 772 g/mol. The molecule has 6 nitrogen and oxygen atoms in total. The molecule has 0 radical (unpaired) electrons. The van der Waals surface area contributed by atoms with Crippen LogP contribution in [0.15, 0.2) is 176 Å². The molecule has 306 valence electrons. The van der Waals surface area contributed by atoms with E-state index < -0.39 is 30.5 Å². The van der Waals surface area contributed by atoms with Crippen LogP contribution in [0.5, 0.6) is 0 Å². The van der Waals surface area contributed by atoms with Crippen molar-refractivity contribution in [3.8, 4) is 10.4 Å². The first-order chi connectivity index (χ1) is 29.6. The normalized spacial score (nSPS) is 19.0. The van der Waals surface area contributed by atoms with Crippen LogP contribution in [0.4, 0.5) is 4.39 Å². The number of aliphatic hydroxyl groups excluding tert-OH is 1. The lowest BCUT2D eigenvalue weighted by Crippen LogP contribution is -2.58. The van der Waals surface area contributed by atoms with Crippen LogP contribution in [0.25, 0.3) is 10.4 Å². The summed E-state index contributed by atoms with van der Waals surface area (Å²) in [5.74, 6) is -0.255. The van der Waals surface area contributed by atoms with E-state index in [0.29, 0.717) is 32.8 Å². The van der Waals surface area contributed by atoms with Crippen molar-refractivity contribution in [2.75, 3.05) is 6.61 Å². The van der Waals surface area contributed by atoms with Gasteiger partial charge in [0, 0.05) is 16.2 Å². The van der Waals surface area contributed by atoms with Crippen LogP contribution in [0.2, 0.25) is 0 Å². The summed E-state index contributed by atoms with van der Waals surface area (Å²) in [6.07, 6.45) is -2.40. The van der Waals surface area contributed by atoms with E-state index in [-0.39, 0.29) is 19.0 Å². The third-order valence-corrected chi connectivity index (χ3v) is 11.9. The Morgan fingerprint density at radius 1 is 0.533 bits per heavy atom. The van der Waals surface area contributed by atoms with Crippen molar-refractivity contribution in [1.29, 1.82) is 0 Å². The van der Waals surface area contributed by atoms with Crippen LogP contribution in [0, 0.1) is 5.82 Å². The molecular formula is C52H49FO6S. The van der Waals surface area contributed by atoms with Gasteiger partial charge in [-0.05, 0) is 68.8 Å². The Morgan fingerprint density at radius 3 is 1.63 bits per heavy atom. The number of aliphatic hydroxyl groups is 1. The molecule has 1 fully saturated rings. The number of halogens is 1. The lowest BCUT2D eigenvalue weighted by Gasteiger charge is -2.47. The Hall–Kier alpha value is -5.29. The van der Waals surface area contributed by atoms with E-state index in [0.717, 1.165) is 54.3 Å². The molecule has 0 spiro atoms. The highest BCUT2D eigenvalue weighted by atomic mass is 32.1. The zero-order valence-corrected chi connectivity index (χ0v) is 34.2. The molecule has 5 unspecified atom stereocenters. The minimum absolute atomic E-state index is 0.187. The summed E-state index contributed by atoms with van der Waals surface area (Å²) in [6, 6.07) is 57.4. The number of benzene rings is 6. The van der Waals surface area contributed by atoms with Crippen molar-refractivity contribution in [1.82, 2.24) is 0 Å². The Kier molecular flexibility index (Phi) is 14.4. The van der Waals surface area contributed by atoms with Gasteiger partial charge in [0.05, 0.1) is 39.6 Å². The summed E-state index contributed by atoms with van der Waals surface area (Å²) < 4.78 is 48.2. The van der Waals surface area contributed by atoms with E-state index in [1.54, 1.807) is 11.3 Å². The van der Waals surface area contributed by atoms with Gasteiger partial charge in [0.1, 0.15) is 36.3 Å². The molecule has 1 saturated heterocycles. The number of rotatable bonds is 18. The van der Waals surface area contributed by atoms with Gasteiger partial charge in [0.15, 0.2) is 0 Å².